The maximum Gasteiger partial charge on any atom is 0.472 e. The molecule has 0 spiro atoms. The number of hydrogen-bond acceptors (Lipinski definition) is 15. The summed E-state index contributed by atoms with van der Waals surface area (Å²) in [6, 6.07) is 0. The van der Waals surface area contributed by atoms with Crippen LogP contribution in [0.2, 0.25) is 0 Å². The third-order valence-electron chi connectivity index (χ3n) is 16.4. The van der Waals surface area contributed by atoms with Crippen LogP contribution in [-0.2, 0) is 65.4 Å². The van der Waals surface area contributed by atoms with Gasteiger partial charge in [-0.25, -0.2) is 9.13 Å². The van der Waals surface area contributed by atoms with E-state index in [0.29, 0.717) is 32.1 Å². The van der Waals surface area contributed by atoms with Gasteiger partial charge in [0.2, 0.25) is 0 Å². The van der Waals surface area contributed by atoms with E-state index in [-0.39, 0.29) is 25.7 Å². The number of carbonyl (C=O) groups is 4. The van der Waals surface area contributed by atoms with E-state index in [1.165, 1.54) is 64.2 Å². The van der Waals surface area contributed by atoms with Gasteiger partial charge < -0.3 is 33.8 Å². The fourth-order valence-electron chi connectivity index (χ4n) is 10.4. The minimum absolute atomic E-state index is 0.0688. The summed E-state index contributed by atoms with van der Waals surface area (Å²) in [5.74, 6) is -2.26. The molecule has 5 atom stereocenters. The number of carbonyl (C=O) groups excluding carboxylic acids is 4. The molecule has 0 aliphatic carbocycles. The molecule has 0 amide bonds. The maximum atomic E-state index is 13.1. The Kier molecular flexibility index (Phi) is 71.4. The zero-order valence-corrected chi connectivity index (χ0v) is 65.8. The second-order valence-corrected chi connectivity index (χ2v) is 29.1. The van der Waals surface area contributed by atoms with Gasteiger partial charge >= 0.3 is 39.5 Å². The van der Waals surface area contributed by atoms with Crippen LogP contribution in [0.3, 0.4) is 0 Å². The van der Waals surface area contributed by atoms with Crippen molar-refractivity contribution in [2.24, 2.45) is 0 Å². The molecule has 0 aromatic carbocycles. The number of unbranched alkanes of at least 4 members (excludes halogenated alkanes) is 28. The molecule has 0 aliphatic rings. The molecule has 0 heterocycles. The number of ether oxygens (including phenoxy) is 4. The second kappa shape index (κ2) is 74.7. The average molecular weight is 1470 g/mol. The highest BCUT2D eigenvalue weighted by molar-refractivity contribution is 7.47. The van der Waals surface area contributed by atoms with Gasteiger partial charge in [-0.2, -0.15) is 0 Å². The summed E-state index contributed by atoms with van der Waals surface area (Å²) >= 11 is 0. The van der Waals surface area contributed by atoms with Crippen molar-refractivity contribution in [3.63, 3.8) is 0 Å². The lowest BCUT2D eigenvalue weighted by Crippen LogP contribution is -2.30. The van der Waals surface area contributed by atoms with Crippen molar-refractivity contribution in [3.8, 4) is 0 Å². The van der Waals surface area contributed by atoms with Crippen molar-refractivity contribution in [3.05, 3.63) is 122 Å². The molecule has 0 saturated carbocycles. The Morgan fingerprint density at radius 3 is 0.843 bits per heavy atom. The lowest BCUT2D eigenvalue weighted by Gasteiger charge is -2.21. The third-order valence-corrected chi connectivity index (χ3v) is 18.3. The number of phosphoric acid groups is 2. The predicted octanol–water partition coefficient (Wildman–Crippen LogP) is 23.1. The molecule has 102 heavy (non-hydrogen) atoms. The molecule has 0 radical (unpaired) electrons. The molecule has 586 valence electrons. The van der Waals surface area contributed by atoms with Crippen molar-refractivity contribution in [2.75, 3.05) is 39.6 Å². The standard InChI is InChI=1S/C83H142O17P2/c1-5-9-13-17-21-25-29-33-36-38-41-45-48-52-56-60-64-68-81(86)94-74-79(100-83(88)70-66-62-58-54-50-46-42-39-37-34-30-26-22-18-14-10-6-2)76-98-102(91,92)96-72-77(84)71-95-101(89,90)97-75-78(99-82(87)69-65-61-57-53-49-43-32-28-24-20-16-12-8-4)73-93-80(85)67-63-59-55-51-47-44-40-35-31-27-23-19-15-11-7-3/h9-10,13-14,21-22,25-26,28,32-37,40-41,45,52,56,77-79,84H,5-8,11-12,15-20,23-24,27,29-31,38-39,42-44,46-51,53-55,57-76H2,1-4H3,(H,89,90)(H,91,92)/b13-9-,14-10-,25-21-,26-22-,32-28-,36-33-,37-34-,40-35-,45-41-,56-52-. The van der Waals surface area contributed by atoms with Crippen LogP contribution in [-0.4, -0.2) is 96.7 Å². The van der Waals surface area contributed by atoms with Crippen molar-refractivity contribution in [2.45, 2.75) is 341 Å². The summed E-state index contributed by atoms with van der Waals surface area (Å²) < 4.78 is 68.5. The summed E-state index contributed by atoms with van der Waals surface area (Å²) in [5.41, 5.74) is 0. The zero-order valence-electron chi connectivity index (χ0n) is 64.0. The molecule has 0 fully saturated rings. The molecule has 0 aromatic heterocycles. The van der Waals surface area contributed by atoms with E-state index in [2.05, 4.69) is 137 Å². The molecule has 0 saturated heterocycles. The van der Waals surface area contributed by atoms with Gasteiger partial charge in [0.25, 0.3) is 0 Å². The highest BCUT2D eigenvalue weighted by atomic mass is 31.2. The first kappa shape index (κ1) is 97.5. The van der Waals surface area contributed by atoms with Gasteiger partial charge in [-0.15, -0.1) is 0 Å². The lowest BCUT2D eigenvalue weighted by molar-refractivity contribution is -0.161. The number of hydrogen-bond donors (Lipinski definition) is 3. The van der Waals surface area contributed by atoms with Crippen LogP contribution in [0.5, 0.6) is 0 Å². The van der Waals surface area contributed by atoms with Crippen LogP contribution >= 0.6 is 15.6 Å². The molecule has 0 bridgehead atoms. The molecule has 17 nitrogen and oxygen atoms in total. The van der Waals surface area contributed by atoms with E-state index in [1.54, 1.807) is 0 Å². The fraction of sp³-hybridized carbons (Fsp3) is 0.711. The van der Waals surface area contributed by atoms with Crippen molar-refractivity contribution < 1.29 is 80.2 Å². The average Bonchev–Trinajstić information content (AvgIpc) is 0.959. The second-order valence-electron chi connectivity index (χ2n) is 26.2. The van der Waals surface area contributed by atoms with Gasteiger partial charge in [0.05, 0.1) is 26.4 Å². The normalized spacial score (nSPS) is 14.5. The minimum atomic E-state index is -4.99. The smallest absolute Gasteiger partial charge is 0.462 e. The van der Waals surface area contributed by atoms with Gasteiger partial charge in [-0.05, 0) is 148 Å². The van der Waals surface area contributed by atoms with Crippen LogP contribution < -0.4 is 0 Å². The molecular formula is C83H142O17P2. The quantitative estimate of drug-likeness (QED) is 0.0169. The number of rotatable bonds is 74. The Morgan fingerprint density at radius 2 is 0.520 bits per heavy atom. The highest BCUT2D eigenvalue weighted by Gasteiger charge is 2.30. The Morgan fingerprint density at radius 1 is 0.284 bits per heavy atom. The van der Waals surface area contributed by atoms with Crippen LogP contribution in [0, 0.1) is 0 Å². The van der Waals surface area contributed by atoms with E-state index in [4.69, 9.17) is 37.0 Å². The van der Waals surface area contributed by atoms with Gasteiger partial charge in [-0.3, -0.25) is 37.3 Å². The Balaban J connectivity index is 5.42. The van der Waals surface area contributed by atoms with E-state index < -0.39 is 97.5 Å². The molecule has 0 rings (SSSR count). The van der Waals surface area contributed by atoms with Crippen molar-refractivity contribution in [1.29, 1.82) is 0 Å². The summed E-state index contributed by atoms with van der Waals surface area (Å²) in [7, 11) is -9.98. The Bertz CT molecular complexity index is 2410. The first-order valence-corrected chi connectivity index (χ1v) is 42.8. The first-order valence-electron chi connectivity index (χ1n) is 39.8. The van der Waals surface area contributed by atoms with E-state index in [1.807, 2.05) is 12.2 Å². The number of allylic oxidation sites excluding steroid dienone is 20. The summed E-state index contributed by atoms with van der Waals surface area (Å²) in [6.07, 6.45) is 81.8. The van der Waals surface area contributed by atoms with Gasteiger partial charge in [-0.1, -0.05) is 271 Å². The Hall–Kier alpha value is -4.54. The minimum Gasteiger partial charge on any atom is -0.462 e. The van der Waals surface area contributed by atoms with Crippen LogP contribution in [0.25, 0.3) is 0 Å². The van der Waals surface area contributed by atoms with Crippen molar-refractivity contribution in [1.82, 2.24) is 0 Å². The topological polar surface area (TPSA) is 237 Å². The van der Waals surface area contributed by atoms with E-state index in [9.17, 15) is 43.2 Å². The molecule has 19 heteroatoms. The summed E-state index contributed by atoms with van der Waals surface area (Å²) in [5, 5.41) is 10.6. The van der Waals surface area contributed by atoms with E-state index >= 15 is 0 Å². The van der Waals surface area contributed by atoms with Gasteiger partial charge in [0.1, 0.15) is 19.3 Å². The highest BCUT2D eigenvalue weighted by Crippen LogP contribution is 2.45. The zero-order chi connectivity index (χ0) is 74.6. The number of phosphoric ester groups is 2. The van der Waals surface area contributed by atoms with Crippen LogP contribution in [0.4, 0.5) is 0 Å². The maximum absolute atomic E-state index is 13.1. The molecule has 5 unspecified atom stereocenters. The molecule has 0 aromatic rings. The van der Waals surface area contributed by atoms with Gasteiger partial charge in [0.15, 0.2) is 12.2 Å². The largest absolute Gasteiger partial charge is 0.472 e. The number of esters is 4. The summed E-state index contributed by atoms with van der Waals surface area (Å²) in [4.78, 5) is 73.0. The number of aliphatic hydroxyl groups excluding tert-OH is 1. The summed E-state index contributed by atoms with van der Waals surface area (Å²) in [6.45, 7) is 4.56. The van der Waals surface area contributed by atoms with Crippen LogP contribution in [0.15, 0.2) is 122 Å². The number of aliphatic hydroxyl groups is 1. The third kappa shape index (κ3) is 73.8. The monoisotopic (exact) mass is 1470 g/mol. The Labute approximate surface area is 619 Å². The molecular weight excluding hydrogens is 1330 g/mol. The predicted molar refractivity (Wildman–Crippen MR) is 418 cm³/mol. The SMILES string of the molecule is CC/C=C\C/C=C\C/C=C\C/C=C\C/C=C\CCCC(=O)OCC(COP(=O)(O)OCC(O)COP(=O)(O)OCC(COC(=O)CCCCCCC/C=C\CCCCCCCC)OC(=O)CCCCCCC/C=C\CCCCCC)OC(=O)CCCCCCCCC/C=C\C/C=C\C/C=C\CC. The molecule has 3 N–H and O–H groups in total. The fourth-order valence-corrected chi connectivity index (χ4v) is 12.0. The van der Waals surface area contributed by atoms with E-state index in [0.717, 1.165) is 173 Å². The lowest BCUT2D eigenvalue weighted by atomic mass is 10.1. The van der Waals surface area contributed by atoms with Crippen LogP contribution in [0.1, 0.15) is 323 Å². The first-order chi connectivity index (χ1) is 49.7. The van der Waals surface area contributed by atoms with Gasteiger partial charge in [0, 0.05) is 25.7 Å². The van der Waals surface area contributed by atoms with Crippen molar-refractivity contribution >= 4 is 39.5 Å². The molecule has 0 aliphatic heterocycles.